The van der Waals surface area contributed by atoms with Crippen molar-refractivity contribution in [3.05, 3.63) is 59.2 Å². The van der Waals surface area contributed by atoms with E-state index in [1.807, 2.05) is 0 Å². The van der Waals surface area contributed by atoms with E-state index in [1.54, 1.807) is 25.2 Å². The number of halogens is 3. The Kier molecular flexibility index (Phi) is 6.79. The SMILES string of the molecule is COc1cc(OC)cc([C@@H]2[C@@H](S(=O)(=O)NCc3cccc(C(F)(F)F)c3)CON2C)c1. The molecule has 170 valence electrons. The van der Waals surface area contributed by atoms with Crippen LogP contribution in [0.15, 0.2) is 42.5 Å². The maximum Gasteiger partial charge on any atom is 0.416 e. The molecule has 1 heterocycles. The second-order valence-corrected chi connectivity index (χ2v) is 9.02. The molecule has 0 unspecified atom stereocenters. The second-order valence-electron chi connectivity index (χ2n) is 7.04. The van der Waals surface area contributed by atoms with Gasteiger partial charge in [0, 0.05) is 19.7 Å². The van der Waals surface area contributed by atoms with Gasteiger partial charge in [-0.15, -0.1) is 0 Å². The van der Waals surface area contributed by atoms with Gasteiger partial charge >= 0.3 is 6.18 Å². The Balaban J connectivity index is 1.84. The fourth-order valence-corrected chi connectivity index (χ4v) is 4.92. The van der Waals surface area contributed by atoms with Gasteiger partial charge < -0.3 is 9.47 Å². The highest BCUT2D eigenvalue weighted by Gasteiger charge is 2.43. The third-order valence-corrected chi connectivity index (χ3v) is 6.77. The molecular weight excluding hydrogens is 437 g/mol. The number of hydrogen-bond donors (Lipinski definition) is 1. The monoisotopic (exact) mass is 460 g/mol. The van der Waals surface area contributed by atoms with E-state index in [0.29, 0.717) is 17.1 Å². The number of hydrogen-bond acceptors (Lipinski definition) is 6. The fourth-order valence-electron chi connectivity index (χ4n) is 3.43. The number of nitrogens with zero attached hydrogens (tertiary/aromatic N) is 1. The molecule has 0 saturated carbocycles. The summed E-state index contributed by atoms with van der Waals surface area (Å²) in [6.45, 7) is -0.390. The van der Waals surface area contributed by atoms with Crippen molar-refractivity contribution in [2.24, 2.45) is 0 Å². The van der Waals surface area contributed by atoms with Crippen LogP contribution in [0, 0.1) is 0 Å². The zero-order valence-electron chi connectivity index (χ0n) is 17.1. The number of benzene rings is 2. The number of alkyl halides is 3. The van der Waals surface area contributed by atoms with Gasteiger partial charge in [0.05, 0.1) is 32.4 Å². The highest BCUT2D eigenvalue weighted by molar-refractivity contribution is 7.90. The highest BCUT2D eigenvalue weighted by Crippen LogP contribution is 2.37. The van der Waals surface area contributed by atoms with Gasteiger partial charge in [-0.1, -0.05) is 18.2 Å². The smallest absolute Gasteiger partial charge is 0.416 e. The van der Waals surface area contributed by atoms with Crippen LogP contribution >= 0.6 is 0 Å². The predicted molar refractivity (Wildman–Crippen MR) is 107 cm³/mol. The first-order valence-corrected chi connectivity index (χ1v) is 10.8. The summed E-state index contributed by atoms with van der Waals surface area (Å²) in [6, 6.07) is 8.89. The predicted octanol–water partition coefficient (Wildman–Crippen LogP) is 3.13. The number of hydroxylamine groups is 2. The number of sulfonamides is 1. The topological polar surface area (TPSA) is 77.1 Å². The lowest BCUT2D eigenvalue weighted by Gasteiger charge is -2.24. The van der Waals surface area contributed by atoms with Crippen LogP contribution in [0.2, 0.25) is 0 Å². The van der Waals surface area contributed by atoms with Gasteiger partial charge in [0.15, 0.2) is 0 Å². The lowest BCUT2D eigenvalue weighted by atomic mass is 10.0. The summed E-state index contributed by atoms with van der Waals surface area (Å²) in [5.41, 5.74) is -0.0367. The molecule has 0 aliphatic carbocycles. The Labute approximate surface area is 178 Å². The molecule has 2 aromatic rings. The third-order valence-electron chi connectivity index (χ3n) is 5.03. The molecule has 0 radical (unpaired) electrons. The molecule has 0 spiro atoms. The van der Waals surface area contributed by atoms with Crippen molar-refractivity contribution in [2.45, 2.75) is 24.0 Å². The largest absolute Gasteiger partial charge is 0.497 e. The minimum Gasteiger partial charge on any atom is -0.497 e. The van der Waals surface area contributed by atoms with Crippen LogP contribution in [0.4, 0.5) is 13.2 Å². The van der Waals surface area contributed by atoms with E-state index in [-0.39, 0.29) is 18.7 Å². The minimum absolute atomic E-state index is 0.112. The molecule has 11 heteroatoms. The lowest BCUT2D eigenvalue weighted by Crippen LogP contribution is -2.39. The van der Waals surface area contributed by atoms with Gasteiger partial charge in [-0.25, -0.2) is 13.1 Å². The van der Waals surface area contributed by atoms with Gasteiger partial charge in [0.25, 0.3) is 0 Å². The minimum atomic E-state index is -4.51. The van der Waals surface area contributed by atoms with Crippen molar-refractivity contribution in [3.63, 3.8) is 0 Å². The van der Waals surface area contributed by atoms with Crippen molar-refractivity contribution < 1.29 is 35.9 Å². The van der Waals surface area contributed by atoms with Crippen molar-refractivity contribution in [2.75, 3.05) is 27.9 Å². The van der Waals surface area contributed by atoms with Crippen molar-refractivity contribution in [3.8, 4) is 11.5 Å². The molecule has 1 aliphatic rings. The standard InChI is InChI=1S/C20H23F3N2O5S/c1-25-19(14-8-16(28-2)10-17(9-14)29-3)18(12-30-25)31(26,27)24-11-13-5-4-6-15(7-13)20(21,22)23/h4-10,18-19,24H,11-12H2,1-3H3/t18-,19+/m0/s1. The zero-order valence-corrected chi connectivity index (χ0v) is 18.0. The third kappa shape index (κ3) is 5.29. The fraction of sp³-hybridized carbons (Fsp3) is 0.400. The maximum atomic E-state index is 13.0. The highest BCUT2D eigenvalue weighted by atomic mass is 32.2. The quantitative estimate of drug-likeness (QED) is 0.684. The van der Waals surface area contributed by atoms with Crippen LogP contribution in [0.1, 0.15) is 22.7 Å². The molecule has 1 N–H and O–H groups in total. The number of methoxy groups -OCH3 is 2. The Morgan fingerprint density at radius 1 is 1.13 bits per heavy atom. The molecule has 1 saturated heterocycles. The van der Waals surface area contributed by atoms with Gasteiger partial charge in [0.2, 0.25) is 10.0 Å². The normalized spacial score (nSPS) is 20.1. The molecule has 2 aromatic carbocycles. The van der Waals surface area contributed by atoms with Crippen LogP contribution in [-0.4, -0.2) is 46.6 Å². The number of nitrogens with one attached hydrogen (secondary N) is 1. The van der Waals surface area contributed by atoms with E-state index in [9.17, 15) is 21.6 Å². The summed E-state index contributed by atoms with van der Waals surface area (Å²) in [6.07, 6.45) is -4.51. The van der Waals surface area contributed by atoms with Crippen LogP contribution in [0.3, 0.4) is 0 Å². The average Bonchev–Trinajstić information content (AvgIpc) is 3.14. The Morgan fingerprint density at radius 2 is 1.77 bits per heavy atom. The van der Waals surface area contributed by atoms with Crippen LogP contribution in [-0.2, 0) is 27.6 Å². The summed E-state index contributed by atoms with van der Waals surface area (Å²) < 4.78 is 77.7. The second kappa shape index (κ2) is 9.03. The molecule has 2 atom stereocenters. The Hall–Kier alpha value is -2.34. The first-order valence-electron chi connectivity index (χ1n) is 9.28. The van der Waals surface area contributed by atoms with E-state index in [1.165, 1.54) is 31.4 Å². The van der Waals surface area contributed by atoms with Gasteiger partial charge in [0.1, 0.15) is 16.7 Å². The molecular formula is C20H23F3N2O5S. The summed E-state index contributed by atoms with van der Waals surface area (Å²) in [4.78, 5) is 5.47. The summed E-state index contributed by atoms with van der Waals surface area (Å²) in [7, 11) is 0.623. The van der Waals surface area contributed by atoms with Crippen molar-refractivity contribution in [1.82, 2.24) is 9.79 Å². The van der Waals surface area contributed by atoms with Crippen LogP contribution < -0.4 is 14.2 Å². The van der Waals surface area contributed by atoms with Crippen molar-refractivity contribution in [1.29, 1.82) is 0 Å². The van der Waals surface area contributed by atoms with E-state index in [2.05, 4.69) is 4.72 Å². The van der Waals surface area contributed by atoms with Gasteiger partial charge in [-0.05, 0) is 29.3 Å². The molecule has 7 nitrogen and oxygen atoms in total. The van der Waals surface area contributed by atoms with E-state index >= 15 is 0 Å². The van der Waals surface area contributed by atoms with Gasteiger partial charge in [-0.2, -0.15) is 18.2 Å². The van der Waals surface area contributed by atoms with Gasteiger partial charge in [-0.3, -0.25) is 4.84 Å². The lowest BCUT2D eigenvalue weighted by molar-refractivity contribution is -0.137. The van der Waals surface area contributed by atoms with Crippen molar-refractivity contribution >= 4 is 10.0 Å². The van der Waals surface area contributed by atoms with E-state index in [4.69, 9.17) is 14.3 Å². The summed E-state index contributed by atoms with van der Waals surface area (Å²) in [5, 5.41) is 0.433. The van der Waals surface area contributed by atoms with E-state index in [0.717, 1.165) is 12.1 Å². The molecule has 0 amide bonds. The first kappa shape index (κ1) is 23.3. The molecule has 1 aliphatic heterocycles. The Morgan fingerprint density at radius 3 is 2.35 bits per heavy atom. The molecule has 0 aromatic heterocycles. The molecule has 3 rings (SSSR count). The average molecular weight is 460 g/mol. The van der Waals surface area contributed by atoms with Crippen LogP contribution in [0.25, 0.3) is 0 Å². The number of rotatable bonds is 7. The summed E-state index contributed by atoms with van der Waals surface area (Å²) in [5.74, 6) is 0.977. The molecule has 31 heavy (non-hydrogen) atoms. The number of ether oxygens (including phenoxy) is 2. The molecule has 0 bridgehead atoms. The first-order chi connectivity index (χ1) is 14.5. The van der Waals surface area contributed by atoms with Crippen LogP contribution in [0.5, 0.6) is 11.5 Å². The Bertz CT molecular complexity index is 1010. The van der Waals surface area contributed by atoms with E-state index < -0.39 is 33.1 Å². The zero-order chi connectivity index (χ0) is 22.8. The maximum absolute atomic E-state index is 13.0. The summed E-state index contributed by atoms with van der Waals surface area (Å²) >= 11 is 0. The molecule has 1 fully saturated rings.